The van der Waals surface area contributed by atoms with Crippen LogP contribution in [0.2, 0.25) is 0 Å². The van der Waals surface area contributed by atoms with Gasteiger partial charge in [0.25, 0.3) is 0 Å². The zero-order chi connectivity index (χ0) is 10.4. The molecule has 0 aliphatic heterocycles. The van der Waals surface area contributed by atoms with Crippen molar-refractivity contribution in [2.24, 2.45) is 0 Å². The molecule has 1 saturated carbocycles. The maximum absolute atomic E-state index is 11.0. The first-order valence-electron chi connectivity index (χ1n) is 4.84. The van der Waals surface area contributed by atoms with Crippen LogP contribution in [0.5, 0.6) is 0 Å². The Kier molecular flexibility index (Phi) is 1.56. The molecular formula is C10H9N3O2. The van der Waals surface area contributed by atoms with Gasteiger partial charge in [0, 0.05) is 5.92 Å². The lowest BCUT2D eigenvalue weighted by atomic mass is 10.3. The molecule has 1 aliphatic carbocycles. The minimum Gasteiger partial charge on any atom is -0.477 e. The van der Waals surface area contributed by atoms with Crippen LogP contribution in [0.3, 0.4) is 0 Å². The maximum Gasteiger partial charge on any atom is 0.352 e. The van der Waals surface area contributed by atoms with Crippen LogP contribution >= 0.6 is 0 Å². The van der Waals surface area contributed by atoms with Gasteiger partial charge in [0.2, 0.25) is 0 Å². The maximum atomic E-state index is 11.0. The smallest absolute Gasteiger partial charge is 0.352 e. The fraction of sp³-hybridized carbons (Fsp3) is 0.300. The number of hydrogen-bond acceptors (Lipinski definition) is 3. The van der Waals surface area contributed by atoms with Crippen LogP contribution in [0.4, 0.5) is 0 Å². The number of carboxylic acids is 1. The summed E-state index contributed by atoms with van der Waals surface area (Å²) in [6.45, 7) is 0. The molecule has 0 aromatic carbocycles. The normalized spacial score (nSPS) is 15.7. The van der Waals surface area contributed by atoms with Crippen LogP contribution in [0.15, 0.2) is 18.2 Å². The van der Waals surface area contributed by atoms with Gasteiger partial charge in [-0.25, -0.2) is 4.79 Å². The molecule has 2 aromatic heterocycles. The van der Waals surface area contributed by atoms with Gasteiger partial charge in [0.1, 0.15) is 11.5 Å². The quantitative estimate of drug-likeness (QED) is 0.798. The topological polar surface area (TPSA) is 67.5 Å². The molecule has 5 nitrogen and oxygen atoms in total. The Morgan fingerprint density at radius 3 is 2.87 bits per heavy atom. The number of carboxylic acid groups (broad SMARTS) is 1. The van der Waals surface area contributed by atoms with Crippen LogP contribution in [0, 0.1) is 0 Å². The molecule has 1 N–H and O–H groups in total. The van der Waals surface area contributed by atoms with Crippen molar-refractivity contribution in [2.45, 2.75) is 18.8 Å². The van der Waals surface area contributed by atoms with Crippen molar-refractivity contribution in [3.63, 3.8) is 0 Å². The molecule has 0 amide bonds. The number of nitrogens with zero attached hydrogens (tertiary/aromatic N) is 3. The Hall–Kier alpha value is -1.91. The fourth-order valence-electron chi connectivity index (χ4n) is 1.74. The standard InChI is InChI=1S/C10H9N3O2/c14-10(15)7-2-1-3-8-11-12-9(13(7)8)6-4-5-6/h1-3,6H,4-5H2,(H,14,15). The molecule has 1 aliphatic rings. The van der Waals surface area contributed by atoms with Gasteiger partial charge in [-0.15, -0.1) is 10.2 Å². The van der Waals surface area contributed by atoms with Crippen LogP contribution in [0.25, 0.3) is 5.65 Å². The summed E-state index contributed by atoms with van der Waals surface area (Å²) in [5, 5.41) is 17.1. The van der Waals surface area contributed by atoms with Gasteiger partial charge >= 0.3 is 5.97 Å². The summed E-state index contributed by atoms with van der Waals surface area (Å²) in [5.74, 6) is 0.228. The number of aromatic carboxylic acids is 1. The number of hydrogen-bond donors (Lipinski definition) is 1. The molecule has 76 valence electrons. The molecule has 0 atom stereocenters. The Balaban J connectivity index is 2.33. The molecule has 15 heavy (non-hydrogen) atoms. The third-order valence-electron chi connectivity index (χ3n) is 2.62. The molecule has 0 bridgehead atoms. The van der Waals surface area contributed by atoms with Crippen LogP contribution in [-0.4, -0.2) is 25.7 Å². The van der Waals surface area contributed by atoms with Gasteiger partial charge in [-0.05, 0) is 25.0 Å². The summed E-state index contributed by atoms with van der Waals surface area (Å²) in [6.07, 6.45) is 2.16. The Morgan fingerprint density at radius 2 is 2.20 bits per heavy atom. The van der Waals surface area contributed by atoms with Crippen molar-refractivity contribution in [1.82, 2.24) is 14.6 Å². The highest BCUT2D eigenvalue weighted by atomic mass is 16.4. The summed E-state index contributed by atoms with van der Waals surface area (Å²) < 4.78 is 1.64. The van der Waals surface area contributed by atoms with Crippen LogP contribution in [0.1, 0.15) is 35.1 Å². The van der Waals surface area contributed by atoms with Crippen molar-refractivity contribution < 1.29 is 9.90 Å². The predicted octanol–water partition coefficient (Wildman–Crippen LogP) is 1.30. The summed E-state index contributed by atoms with van der Waals surface area (Å²) in [5.41, 5.74) is 0.844. The highest BCUT2D eigenvalue weighted by molar-refractivity contribution is 5.86. The van der Waals surface area contributed by atoms with Gasteiger partial charge in [0.05, 0.1) is 0 Å². The first-order valence-corrected chi connectivity index (χ1v) is 4.84. The highest BCUT2D eigenvalue weighted by Gasteiger charge is 2.30. The number of pyridine rings is 1. The third kappa shape index (κ3) is 1.20. The molecule has 0 saturated heterocycles. The summed E-state index contributed by atoms with van der Waals surface area (Å²) in [6, 6.07) is 5.03. The molecule has 1 fully saturated rings. The zero-order valence-corrected chi connectivity index (χ0v) is 7.92. The van der Waals surface area contributed by atoms with E-state index >= 15 is 0 Å². The number of aromatic nitrogens is 3. The van der Waals surface area contributed by atoms with E-state index in [0.717, 1.165) is 18.7 Å². The lowest BCUT2D eigenvalue weighted by Crippen LogP contribution is -2.07. The molecule has 3 rings (SSSR count). The summed E-state index contributed by atoms with van der Waals surface area (Å²) in [7, 11) is 0. The van der Waals surface area contributed by atoms with E-state index < -0.39 is 5.97 Å². The number of fused-ring (bicyclic) bond motifs is 1. The van der Waals surface area contributed by atoms with E-state index in [4.69, 9.17) is 5.11 Å². The summed E-state index contributed by atoms with van der Waals surface area (Å²) >= 11 is 0. The van der Waals surface area contributed by atoms with Crippen molar-refractivity contribution in [1.29, 1.82) is 0 Å². The van der Waals surface area contributed by atoms with E-state index in [1.54, 1.807) is 22.6 Å². The van der Waals surface area contributed by atoms with E-state index in [0.29, 0.717) is 11.6 Å². The van der Waals surface area contributed by atoms with E-state index in [9.17, 15) is 4.79 Å². The van der Waals surface area contributed by atoms with E-state index in [2.05, 4.69) is 10.2 Å². The fourth-order valence-corrected chi connectivity index (χ4v) is 1.74. The minimum absolute atomic E-state index is 0.236. The van der Waals surface area contributed by atoms with Gasteiger partial charge < -0.3 is 5.11 Å². The van der Waals surface area contributed by atoms with Gasteiger partial charge in [-0.2, -0.15) is 0 Å². The predicted molar refractivity (Wildman–Crippen MR) is 51.9 cm³/mol. The molecule has 0 spiro atoms. The molecular weight excluding hydrogens is 194 g/mol. The average Bonchev–Trinajstić information content (AvgIpc) is 2.97. The average molecular weight is 203 g/mol. The van der Waals surface area contributed by atoms with Crippen molar-refractivity contribution in [3.05, 3.63) is 29.7 Å². The Labute approximate surface area is 85.4 Å². The van der Waals surface area contributed by atoms with Crippen molar-refractivity contribution >= 4 is 11.6 Å². The lowest BCUT2D eigenvalue weighted by Gasteiger charge is -2.01. The van der Waals surface area contributed by atoms with Crippen LogP contribution < -0.4 is 0 Å². The number of rotatable bonds is 2. The molecule has 5 heteroatoms. The molecule has 0 unspecified atom stereocenters. The van der Waals surface area contributed by atoms with Gasteiger partial charge in [0.15, 0.2) is 5.65 Å². The second-order valence-corrected chi connectivity index (χ2v) is 3.74. The SMILES string of the molecule is O=C(O)c1cccc2nnc(C3CC3)n12. The summed E-state index contributed by atoms with van der Waals surface area (Å²) in [4.78, 5) is 11.0. The monoisotopic (exact) mass is 203 g/mol. The van der Waals surface area contributed by atoms with E-state index in [1.165, 1.54) is 0 Å². The first kappa shape index (κ1) is 8.40. The number of carbonyl (C=O) groups is 1. The first-order chi connectivity index (χ1) is 7.27. The zero-order valence-electron chi connectivity index (χ0n) is 7.92. The molecule has 0 radical (unpaired) electrons. The Bertz CT molecular complexity index is 543. The largest absolute Gasteiger partial charge is 0.477 e. The van der Waals surface area contributed by atoms with E-state index in [1.807, 2.05) is 0 Å². The molecule has 2 aromatic rings. The highest BCUT2D eigenvalue weighted by Crippen LogP contribution is 2.39. The van der Waals surface area contributed by atoms with Crippen LogP contribution in [-0.2, 0) is 0 Å². The minimum atomic E-state index is -0.942. The van der Waals surface area contributed by atoms with Gasteiger partial charge in [-0.1, -0.05) is 6.07 Å². The van der Waals surface area contributed by atoms with Gasteiger partial charge in [-0.3, -0.25) is 4.40 Å². The van der Waals surface area contributed by atoms with Crippen molar-refractivity contribution in [2.75, 3.05) is 0 Å². The Morgan fingerprint density at radius 1 is 1.40 bits per heavy atom. The second kappa shape index (κ2) is 2.79. The molecule has 2 heterocycles. The second-order valence-electron chi connectivity index (χ2n) is 3.74. The third-order valence-corrected chi connectivity index (χ3v) is 2.62. The van der Waals surface area contributed by atoms with Crippen molar-refractivity contribution in [3.8, 4) is 0 Å². The lowest BCUT2D eigenvalue weighted by molar-refractivity contribution is 0.0688. The van der Waals surface area contributed by atoms with E-state index in [-0.39, 0.29) is 5.69 Å².